The maximum atomic E-state index is 3.55. The van der Waals surface area contributed by atoms with E-state index >= 15 is 0 Å². The Hall–Kier alpha value is -0.820. The number of hydrogen-bond donors (Lipinski definition) is 1. The van der Waals surface area contributed by atoms with E-state index in [-0.39, 0.29) is 0 Å². The highest BCUT2D eigenvalue weighted by molar-refractivity contribution is 5.29. The number of hydrogen-bond acceptors (Lipinski definition) is 1. The summed E-state index contributed by atoms with van der Waals surface area (Å²) in [6.45, 7) is 5.61. The molecular weight excluding hydrogens is 182 g/mol. The molecule has 0 radical (unpaired) electrons. The molecule has 0 spiro atoms. The molecule has 0 amide bonds. The lowest BCUT2D eigenvalue weighted by molar-refractivity contribution is 0.407. The van der Waals surface area contributed by atoms with Crippen molar-refractivity contribution < 1.29 is 0 Å². The molecule has 0 saturated carbocycles. The van der Waals surface area contributed by atoms with Gasteiger partial charge in [0.1, 0.15) is 0 Å². The average molecular weight is 203 g/mol. The van der Waals surface area contributed by atoms with Crippen LogP contribution in [0.4, 0.5) is 0 Å². The van der Waals surface area contributed by atoms with Gasteiger partial charge in [-0.05, 0) is 42.9 Å². The number of benzene rings is 1. The molecule has 0 aliphatic heterocycles. The second-order valence-corrected chi connectivity index (χ2v) is 4.94. The van der Waals surface area contributed by atoms with Crippen molar-refractivity contribution in [2.24, 2.45) is 5.92 Å². The number of fused-ring (bicyclic) bond motifs is 1. The molecule has 2 rings (SSSR count). The third-order valence-corrected chi connectivity index (χ3v) is 3.26. The van der Waals surface area contributed by atoms with Gasteiger partial charge >= 0.3 is 0 Å². The molecule has 0 heterocycles. The first-order valence-corrected chi connectivity index (χ1v) is 6.06. The monoisotopic (exact) mass is 203 g/mol. The number of nitrogens with one attached hydrogen (secondary N) is 1. The zero-order chi connectivity index (χ0) is 10.7. The fourth-order valence-corrected chi connectivity index (χ4v) is 2.35. The van der Waals surface area contributed by atoms with Crippen molar-refractivity contribution in [3.05, 3.63) is 35.4 Å². The van der Waals surface area contributed by atoms with Gasteiger partial charge in [0.2, 0.25) is 0 Å². The highest BCUT2D eigenvalue weighted by atomic mass is 14.9. The molecule has 1 unspecified atom stereocenters. The molecule has 0 fully saturated rings. The van der Waals surface area contributed by atoms with Crippen LogP contribution in [-0.2, 0) is 12.8 Å². The van der Waals surface area contributed by atoms with Crippen LogP contribution in [0, 0.1) is 5.92 Å². The maximum Gasteiger partial charge on any atom is 0.00104 e. The van der Waals surface area contributed by atoms with Crippen LogP contribution in [0.5, 0.6) is 0 Å². The lowest BCUT2D eigenvalue weighted by Gasteiger charge is -2.25. The first kappa shape index (κ1) is 10.7. The first-order chi connectivity index (χ1) is 7.25. The zero-order valence-electron chi connectivity index (χ0n) is 9.79. The minimum absolute atomic E-state index is 0.613. The predicted octanol–water partition coefficient (Wildman–Crippen LogP) is 2.79. The van der Waals surface area contributed by atoms with E-state index in [0.717, 1.165) is 5.92 Å². The van der Waals surface area contributed by atoms with E-state index in [1.807, 2.05) is 0 Å². The number of aryl methyl sites for hydroxylation is 1. The van der Waals surface area contributed by atoms with Crippen LogP contribution in [0.15, 0.2) is 24.3 Å². The smallest absolute Gasteiger partial charge is 0.00104 e. The van der Waals surface area contributed by atoms with E-state index in [9.17, 15) is 0 Å². The van der Waals surface area contributed by atoms with Crippen LogP contribution in [0.1, 0.15) is 31.4 Å². The topological polar surface area (TPSA) is 12.0 Å². The van der Waals surface area contributed by atoms with Crippen LogP contribution in [0.2, 0.25) is 0 Å². The summed E-state index contributed by atoms with van der Waals surface area (Å²) in [5, 5.41) is 3.55. The largest absolute Gasteiger partial charge is 0.314 e. The molecule has 15 heavy (non-hydrogen) atoms. The van der Waals surface area contributed by atoms with E-state index in [1.165, 1.54) is 25.8 Å². The van der Waals surface area contributed by atoms with Crippen molar-refractivity contribution in [3.8, 4) is 0 Å². The van der Waals surface area contributed by atoms with Gasteiger partial charge in [0, 0.05) is 6.04 Å². The van der Waals surface area contributed by atoms with Crippen molar-refractivity contribution in [3.63, 3.8) is 0 Å². The highest BCUT2D eigenvalue weighted by Gasteiger charge is 2.17. The standard InChI is InChI=1S/C14H21N/c1-11(2)15-10-12-7-8-13-5-3-4-6-14(13)9-12/h3-6,11-12,15H,7-10H2,1-2H3. The molecule has 1 heteroatoms. The third-order valence-electron chi connectivity index (χ3n) is 3.26. The SMILES string of the molecule is CC(C)NCC1CCc2ccccc2C1. The Labute approximate surface area is 92.9 Å². The highest BCUT2D eigenvalue weighted by Crippen LogP contribution is 2.24. The molecule has 1 aliphatic carbocycles. The summed E-state index contributed by atoms with van der Waals surface area (Å²) in [5.74, 6) is 0.835. The van der Waals surface area contributed by atoms with Gasteiger partial charge in [-0.25, -0.2) is 0 Å². The van der Waals surface area contributed by atoms with Crippen LogP contribution >= 0.6 is 0 Å². The molecule has 0 saturated heterocycles. The van der Waals surface area contributed by atoms with Gasteiger partial charge in [-0.1, -0.05) is 38.1 Å². The van der Waals surface area contributed by atoms with Gasteiger partial charge in [0.15, 0.2) is 0 Å². The average Bonchev–Trinajstić information content (AvgIpc) is 2.26. The molecular formula is C14H21N. The molecule has 1 N–H and O–H groups in total. The lowest BCUT2D eigenvalue weighted by atomic mass is 9.84. The van der Waals surface area contributed by atoms with Crippen LogP contribution < -0.4 is 5.32 Å². The Balaban J connectivity index is 1.94. The van der Waals surface area contributed by atoms with Crippen molar-refractivity contribution in [1.29, 1.82) is 0 Å². The quantitative estimate of drug-likeness (QED) is 0.796. The van der Waals surface area contributed by atoms with E-state index in [1.54, 1.807) is 11.1 Å². The summed E-state index contributed by atoms with van der Waals surface area (Å²) in [4.78, 5) is 0. The van der Waals surface area contributed by atoms with Gasteiger partial charge in [-0.2, -0.15) is 0 Å². The van der Waals surface area contributed by atoms with Gasteiger partial charge in [-0.15, -0.1) is 0 Å². The molecule has 1 aromatic rings. The third kappa shape index (κ3) is 2.82. The Morgan fingerprint density at radius 1 is 1.27 bits per heavy atom. The second-order valence-electron chi connectivity index (χ2n) is 4.94. The van der Waals surface area contributed by atoms with Crippen molar-refractivity contribution >= 4 is 0 Å². The van der Waals surface area contributed by atoms with Crippen LogP contribution in [0.25, 0.3) is 0 Å². The van der Waals surface area contributed by atoms with Crippen molar-refractivity contribution in [1.82, 2.24) is 5.32 Å². The predicted molar refractivity (Wildman–Crippen MR) is 65.1 cm³/mol. The normalized spacial score (nSPS) is 20.3. The maximum absolute atomic E-state index is 3.55. The summed E-state index contributed by atoms with van der Waals surface area (Å²) < 4.78 is 0. The molecule has 82 valence electrons. The summed E-state index contributed by atoms with van der Waals surface area (Å²) in [6.07, 6.45) is 3.87. The Bertz CT molecular complexity index is 317. The van der Waals surface area contributed by atoms with E-state index in [2.05, 4.69) is 43.4 Å². The van der Waals surface area contributed by atoms with Gasteiger partial charge in [0.05, 0.1) is 0 Å². The molecule has 1 aromatic carbocycles. The number of rotatable bonds is 3. The second kappa shape index (κ2) is 4.80. The van der Waals surface area contributed by atoms with Crippen LogP contribution in [0.3, 0.4) is 0 Å². The Morgan fingerprint density at radius 3 is 2.73 bits per heavy atom. The molecule has 0 bridgehead atoms. The minimum atomic E-state index is 0.613. The van der Waals surface area contributed by atoms with Crippen LogP contribution in [-0.4, -0.2) is 12.6 Å². The Kier molecular flexibility index (Phi) is 3.42. The first-order valence-electron chi connectivity index (χ1n) is 6.06. The summed E-state index contributed by atoms with van der Waals surface area (Å²) >= 11 is 0. The molecule has 1 atom stereocenters. The van der Waals surface area contributed by atoms with E-state index < -0.39 is 0 Å². The fraction of sp³-hybridized carbons (Fsp3) is 0.571. The van der Waals surface area contributed by atoms with E-state index in [4.69, 9.17) is 0 Å². The van der Waals surface area contributed by atoms with Gasteiger partial charge < -0.3 is 5.32 Å². The van der Waals surface area contributed by atoms with Crippen molar-refractivity contribution in [2.45, 2.75) is 39.2 Å². The minimum Gasteiger partial charge on any atom is -0.314 e. The van der Waals surface area contributed by atoms with Gasteiger partial charge in [0.25, 0.3) is 0 Å². The zero-order valence-corrected chi connectivity index (χ0v) is 9.79. The van der Waals surface area contributed by atoms with E-state index in [0.29, 0.717) is 6.04 Å². The molecule has 0 aromatic heterocycles. The molecule has 1 aliphatic rings. The Morgan fingerprint density at radius 2 is 2.00 bits per heavy atom. The molecule has 1 nitrogen and oxygen atoms in total. The van der Waals surface area contributed by atoms with Crippen molar-refractivity contribution in [2.75, 3.05) is 6.54 Å². The lowest BCUT2D eigenvalue weighted by Crippen LogP contribution is -2.31. The summed E-state index contributed by atoms with van der Waals surface area (Å²) in [6, 6.07) is 9.50. The summed E-state index contributed by atoms with van der Waals surface area (Å²) in [5.41, 5.74) is 3.14. The fourth-order valence-electron chi connectivity index (χ4n) is 2.35. The summed E-state index contributed by atoms with van der Waals surface area (Å²) in [7, 11) is 0. The van der Waals surface area contributed by atoms with Gasteiger partial charge in [-0.3, -0.25) is 0 Å².